The Bertz CT molecular complexity index is 360. The summed E-state index contributed by atoms with van der Waals surface area (Å²) in [4.78, 5) is 11.9. The number of nitrogens with one attached hydrogen (secondary N) is 1. The Morgan fingerprint density at radius 3 is 2.43 bits per heavy atom. The van der Waals surface area contributed by atoms with Crippen LogP contribution in [0, 0.1) is 16.7 Å². The monoisotopic (exact) mass is 298 g/mol. The first-order valence-electron chi connectivity index (χ1n) is 8.14. The van der Waals surface area contributed by atoms with Crippen LogP contribution in [0.5, 0.6) is 0 Å². The molecule has 21 heavy (non-hydrogen) atoms. The molecule has 0 aromatic rings. The number of carbonyl (C=O) groups is 1. The second kappa shape index (κ2) is 6.55. The molecule has 2 atom stereocenters. The van der Waals surface area contributed by atoms with Crippen molar-refractivity contribution in [1.82, 2.24) is 5.32 Å². The van der Waals surface area contributed by atoms with Gasteiger partial charge in [-0.1, -0.05) is 27.2 Å². The molecular weight excluding hydrogens is 264 g/mol. The van der Waals surface area contributed by atoms with Gasteiger partial charge < -0.3 is 15.8 Å². The largest absolute Gasteiger partial charge is 0.444 e. The second-order valence-electron chi connectivity index (χ2n) is 8.67. The first-order chi connectivity index (χ1) is 9.47. The fourth-order valence-electron chi connectivity index (χ4n) is 3.26. The Labute approximate surface area is 130 Å². The molecule has 0 spiro atoms. The van der Waals surface area contributed by atoms with Gasteiger partial charge in [-0.3, -0.25) is 0 Å². The Hall–Kier alpha value is -0.770. The molecule has 1 aliphatic carbocycles. The molecule has 0 aromatic carbocycles. The summed E-state index contributed by atoms with van der Waals surface area (Å²) in [5.74, 6) is 0.557. The van der Waals surface area contributed by atoms with Gasteiger partial charge in [-0.25, -0.2) is 4.79 Å². The minimum atomic E-state index is -0.462. The number of alkyl carbamates (subject to hydrolysis) is 1. The zero-order chi connectivity index (χ0) is 16.3. The van der Waals surface area contributed by atoms with Crippen molar-refractivity contribution in [3.05, 3.63) is 0 Å². The maximum Gasteiger partial charge on any atom is 0.407 e. The topological polar surface area (TPSA) is 64.3 Å². The molecule has 1 fully saturated rings. The minimum Gasteiger partial charge on any atom is -0.444 e. The molecular formula is C17H34N2O2. The van der Waals surface area contributed by atoms with Gasteiger partial charge in [0.1, 0.15) is 5.60 Å². The molecule has 1 amide bonds. The average molecular weight is 298 g/mol. The van der Waals surface area contributed by atoms with E-state index in [-0.39, 0.29) is 11.5 Å². The highest BCUT2D eigenvalue weighted by atomic mass is 16.6. The molecule has 1 aliphatic rings. The van der Waals surface area contributed by atoms with Crippen LogP contribution in [0.2, 0.25) is 0 Å². The first-order valence-corrected chi connectivity index (χ1v) is 8.14. The molecule has 1 rings (SSSR count). The van der Waals surface area contributed by atoms with Crippen molar-refractivity contribution in [1.29, 1.82) is 0 Å². The number of amides is 1. The first kappa shape index (κ1) is 18.3. The SMILES string of the molecule is CC1(C)CCCC(C(C)(CN)CNC(=O)OC(C)(C)C)C1. The summed E-state index contributed by atoms with van der Waals surface area (Å²) in [5, 5.41) is 2.91. The maximum atomic E-state index is 11.9. The van der Waals surface area contributed by atoms with Crippen LogP contribution in [0.4, 0.5) is 4.79 Å². The molecule has 0 aliphatic heterocycles. The lowest BCUT2D eigenvalue weighted by Crippen LogP contribution is -2.48. The Morgan fingerprint density at radius 2 is 1.95 bits per heavy atom. The zero-order valence-corrected chi connectivity index (χ0v) is 14.7. The lowest BCUT2D eigenvalue weighted by molar-refractivity contribution is 0.0421. The van der Waals surface area contributed by atoms with Gasteiger partial charge in [-0.05, 0) is 57.9 Å². The van der Waals surface area contributed by atoms with Gasteiger partial charge in [-0.15, -0.1) is 0 Å². The highest BCUT2D eigenvalue weighted by molar-refractivity contribution is 5.67. The van der Waals surface area contributed by atoms with Crippen LogP contribution in [0.3, 0.4) is 0 Å². The van der Waals surface area contributed by atoms with Gasteiger partial charge in [-0.2, -0.15) is 0 Å². The second-order valence-corrected chi connectivity index (χ2v) is 8.67. The fraction of sp³-hybridized carbons (Fsp3) is 0.941. The van der Waals surface area contributed by atoms with E-state index in [0.717, 1.165) is 0 Å². The number of hydrogen-bond acceptors (Lipinski definition) is 3. The van der Waals surface area contributed by atoms with E-state index in [1.807, 2.05) is 20.8 Å². The number of rotatable bonds is 4. The highest BCUT2D eigenvalue weighted by Crippen LogP contribution is 2.45. The standard InChI is InChI=1S/C17H34N2O2/c1-15(2,3)21-14(20)19-12-17(6,11-18)13-8-7-9-16(4,5)10-13/h13H,7-12,18H2,1-6H3,(H,19,20). The van der Waals surface area contributed by atoms with Crippen LogP contribution in [-0.2, 0) is 4.74 Å². The molecule has 1 saturated carbocycles. The van der Waals surface area contributed by atoms with Gasteiger partial charge in [0.2, 0.25) is 0 Å². The molecule has 0 saturated heterocycles. The van der Waals surface area contributed by atoms with Crippen LogP contribution >= 0.6 is 0 Å². The van der Waals surface area contributed by atoms with Gasteiger partial charge in [0.15, 0.2) is 0 Å². The Kier molecular flexibility index (Phi) is 5.70. The third-order valence-electron chi connectivity index (χ3n) is 4.69. The van der Waals surface area contributed by atoms with E-state index in [9.17, 15) is 4.79 Å². The van der Waals surface area contributed by atoms with Crippen molar-refractivity contribution >= 4 is 6.09 Å². The molecule has 0 bridgehead atoms. The predicted molar refractivity (Wildman–Crippen MR) is 87.1 cm³/mol. The van der Waals surface area contributed by atoms with Crippen LogP contribution in [0.1, 0.15) is 67.2 Å². The van der Waals surface area contributed by atoms with E-state index in [2.05, 4.69) is 26.1 Å². The van der Waals surface area contributed by atoms with E-state index >= 15 is 0 Å². The molecule has 4 heteroatoms. The summed E-state index contributed by atoms with van der Waals surface area (Å²) < 4.78 is 5.32. The molecule has 4 nitrogen and oxygen atoms in total. The summed E-state index contributed by atoms with van der Waals surface area (Å²) in [7, 11) is 0. The normalized spacial score (nSPS) is 25.0. The third kappa shape index (κ3) is 5.85. The maximum absolute atomic E-state index is 11.9. The van der Waals surface area contributed by atoms with Gasteiger partial charge in [0.05, 0.1) is 0 Å². The van der Waals surface area contributed by atoms with Crippen LogP contribution in [0.25, 0.3) is 0 Å². The van der Waals surface area contributed by atoms with E-state index in [1.165, 1.54) is 25.7 Å². The van der Waals surface area contributed by atoms with E-state index in [0.29, 0.717) is 24.4 Å². The van der Waals surface area contributed by atoms with Crippen LogP contribution in [0.15, 0.2) is 0 Å². The molecule has 3 N–H and O–H groups in total. The molecule has 2 unspecified atom stereocenters. The highest BCUT2D eigenvalue weighted by Gasteiger charge is 2.39. The Balaban J connectivity index is 2.61. The van der Waals surface area contributed by atoms with Crippen molar-refractivity contribution in [2.75, 3.05) is 13.1 Å². The van der Waals surface area contributed by atoms with Gasteiger partial charge >= 0.3 is 6.09 Å². The van der Waals surface area contributed by atoms with E-state index < -0.39 is 5.60 Å². The molecule has 124 valence electrons. The van der Waals surface area contributed by atoms with Crippen molar-refractivity contribution in [2.24, 2.45) is 22.5 Å². The molecule has 0 radical (unpaired) electrons. The third-order valence-corrected chi connectivity index (χ3v) is 4.69. The Morgan fingerprint density at radius 1 is 1.33 bits per heavy atom. The molecule has 0 aromatic heterocycles. The van der Waals surface area contributed by atoms with Gasteiger partial charge in [0.25, 0.3) is 0 Å². The lowest BCUT2D eigenvalue weighted by atomic mass is 9.62. The quantitative estimate of drug-likeness (QED) is 0.832. The number of carbonyl (C=O) groups excluding carboxylic acids is 1. The van der Waals surface area contributed by atoms with Crippen molar-refractivity contribution in [3.63, 3.8) is 0 Å². The molecule has 0 heterocycles. The minimum absolute atomic E-state index is 0.0609. The number of nitrogens with two attached hydrogens (primary N) is 1. The predicted octanol–water partition coefficient (Wildman–Crippen LogP) is 3.69. The average Bonchev–Trinajstić information content (AvgIpc) is 2.32. The summed E-state index contributed by atoms with van der Waals surface area (Å²) in [6.07, 6.45) is 4.56. The van der Waals surface area contributed by atoms with Gasteiger partial charge in [0, 0.05) is 12.0 Å². The number of ether oxygens (including phenoxy) is 1. The smallest absolute Gasteiger partial charge is 0.407 e. The lowest BCUT2D eigenvalue weighted by Gasteiger charge is -2.44. The summed E-state index contributed by atoms with van der Waals surface area (Å²) in [5.41, 5.74) is 5.90. The van der Waals surface area contributed by atoms with E-state index in [1.54, 1.807) is 0 Å². The fourth-order valence-corrected chi connectivity index (χ4v) is 3.26. The summed E-state index contributed by atoms with van der Waals surface area (Å²) in [6, 6.07) is 0. The summed E-state index contributed by atoms with van der Waals surface area (Å²) in [6.45, 7) is 13.6. The van der Waals surface area contributed by atoms with Crippen LogP contribution in [-0.4, -0.2) is 24.8 Å². The van der Waals surface area contributed by atoms with Crippen LogP contribution < -0.4 is 11.1 Å². The zero-order valence-electron chi connectivity index (χ0n) is 14.7. The van der Waals surface area contributed by atoms with Crippen molar-refractivity contribution in [3.8, 4) is 0 Å². The van der Waals surface area contributed by atoms with Crippen molar-refractivity contribution < 1.29 is 9.53 Å². The van der Waals surface area contributed by atoms with Crippen molar-refractivity contribution in [2.45, 2.75) is 72.8 Å². The van der Waals surface area contributed by atoms with E-state index in [4.69, 9.17) is 10.5 Å². The number of hydrogen-bond donors (Lipinski definition) is 2. The summed E-state index contributed by atoms with van der Waals surface area (Å²) >= 11 is 0.